The molecule has 0 fully saturated rings. The van der Waals surface area contributed by atoms with Crippen LogP contribution in [0.15, 0.2) is 29.4 Å². The molecule has 0 radical (unpaired) electrons. The molecule has 2 aromatic rings. The second-order valence-electron chi connectivity index (χ2n) is 5.04. The van der Waals surface area contributed by atoms with Gasteiger partial charge in [0.15, 0.2) is 5.16 Å². The van der Waals surface area contributed by atoms with Crippen LogP contribution < -0.4 is 10.1 Å². The average Bonchev–Trinajstić information content (AvgIpc) is 2.90. The number of para-hydroxylation sites is 2. The number of hydrogen-bond donors (Lipinski definition) is 1. The fraction of sp³-hybridized carbons (Fsp3) is 0.400. The van der Waals surface area contributed by atoms with E-state index in [1.165, 1.54) is 7.05 Å². The maximum Gasteiger partial charge on any atom is 0.451 e. The maximum absolute atomic E-state index is 12.7. The fourth-order valence-electron chi connectivity index (χ4n) is 1.96. The van der Waals surface area contributed by atoms with Gasteiger partial charge >= 0.3 is 6.18 Å². The van der Waals surface area contributed by atoms with Gasteiger partial charge in [-0.25, -0.2) is 0 Å². The molecule has 1 amide bonds. The predicted molar refractivity (Wildman–Crippen MR) is 87.6 cm³/mol. The molecule has 0 aliphatic rings. The molecule has 0 aliphatic heterocycles. The summed E-state index contributed by atoms with van der Waals surface area (Å²) in [7, 11) is 1.21. The van der Waals surface area contributed by atoms with Crippen LogP contribution in [0.1, 0.15) is 19.7 Å². The largest absolute Gasteiger partial charge is 0.492 e. The van der Waals surface area contributed by atoms with Gasteiger partial charge in [0.05, 0.1) is 17.5 Å². The van der Waals surface area contributed by atoms with Gasteiger partial charge in [0.2, 0.25) is 11.7 Å². The Balaban J connectivity index is 2.08. The van der Waals surface area contributed by atoms with E-state index in [2.05, 4.69) is 15.5 Å². The molecule has 136 valence electrons. The van der Waals surface area contributed by atoms with Crippen LogP contribution in [0.2, 0.25) is 0 Å². The van der Waals surface area contributed by atoms with Gasteiger partial charge in [0, 0.05) is 7.05 Å². The second kappa shape index (κ2) is 7.77. The summed E-state index contributed by atoms with van der Waals surface area (Å²) in [6.45, 7) is 3.84. The van der Waals surface area contributed by atoms with E-state index in [4.69, 9.17) is 4.74 Å². The van der Waals surface area contributed by atoms with E-state index in [1.807, 2.05) is 6.92 Å². The van der Waals surface area contributed by atoms with Crippen molar-refractivity contribution in [2.45, 2.75) is 30.4 Å². The van der Waals surface area contributed by atoms with Crippen molar-refractivity contribution in [3.63, 3.8) is 0 Å². The molecule has 0 unspecified atom stereocenters. The van der Waals surface area contributed by atoms with Crippen molar-refractivity contribution in [2.75, 3.05) is 11.9 Å². The molecule has 1 heterocycles. The highest BCUT2D eigenvalue weighted by atomic mass is 32.2. The van der Waals surface area contributed by atoms with Gasteiger partial charge in [0.1, 0.15) is 5.75 Å². The Hall–Kier alpha value is -2.23. The van der Waals surface area contributed by atoms with Gasteiger partial charge < -0.3 is 14.6 Å². The molecular weight excluding hydrogens is 357 g/mol. The minimum atomic E-state index is -4.59. The highest BCUT2D eigenvalue weighted by molar-refractivity contribution is 8.00. The van der Waals surface area contributed by atoms with Crippen molar-refractivity contribution >= 4 is 23.4 Å². The van der Waals surface area contributed by atoms with Crippen LogP contribution in [0.25, 0.3) is 0 Å². The van der Waals surface area contributed by atoms with Crippen LogP contribution in [0, 0.1) is 0 Å². The van der Waals surface area contributed by atoms with Crippen LogP contribution in [-0.2, 0) is 18.0 Å². The molecule has 1 aromatic heterocycles. The summed E-state index contributed by atoms with van der Waals surface area (Å²) in [5, 5.41) is 8.68. The maximum atomic E-state index is 12.7. The van der Waals surface area contributed by atoms with E-state index >= 15 is 0 Å². The van der Waals surface area contributed by atoms with Gasteiger partial charge in [0.25, 0.3) is 0 Å². The van der Waals surface area contributed by atoms with E-state index in [0.717, 1.165) is 16.3 Å². The molecule has 1 aromatic carbocycles. The lowest BCUT2D eigenvalue weighted by molar-refractivity contribution is -0.147. The minimum Gasteiger partial charge on any atom is -0.492 e. The standard InChI is InChI=1S/C15H17F3N4O2S/c1-4-24-11-8-6-5-7-10(11)19-12(23)9(2)25-14-21-20-13(22(14)3)15(16,17)18/h5-9H,4H2,1-3H3,(H,19,23)/t9-/m1/s1. The third-order valence-electron chi connectivity index (χ3n) is 3.18. The lowest BCUT2D eigenvalue weighted by Crippen LogP contribution is -2.23. The first-order valence-electron chi connectivity index (χ1n) is 7.40. The number of halogens is 3. The number of carbonyl (C=O) groups is 1. The van der Waals surface area contributed by atoms with Gasteiger partial charge in [-0.3, -0.25) is 4.79 Å². The third kappa shape index (κ3) is 4.65. The van der Waals surface area contributed by atoms with Crippen LogP contribution in [0.4, 0.5) is 18.9 Å². The van der Waals surface area contributed by atoms with Crippen LogP contribution in [0.3, 0.4) is 0 Å². The van der Waals surface area contributed by atoms with Crippen molar-refractivity contribution in [2.24, 2.45) is 7.05 Å². The zero-order valence-electron chi connectivity index (χ0n) is 13.8. The highest BCUT2D eigenvalue weighted by Crippen LogP contribution is 2.31. The molecule has 0 aliphatic carbocycles. The number of ether oxygens (including phenoxy) is 1. The highest BCUT2D eigenvalue weighted by Gasteiger charge is 2.37. The number of thioether (sulfide) groups is 1. The van der Waals surface area contributed by atoms with Crippen molar-refractivity contribution in [1.82, 2.24) is 14.8 Å². The first-order valence-corrected chi connectivity index (χ1v) is 8.28. The fourth-order valence-corrected chi connectivity index (χ4v) is 2.78. The summed E-state index contributed by atoms with van der Waals surface area (Å²) in [4.78, 5) is 12.3. The molecule has 6 nitrogen and oxygen atoms in total. The summed E-state index contributed by atoms with van der Waals surface area (Å²) >= 11 is 0.890. The third-order valence-corrected chi connectivity index (χ3v) is 4.32. The number of rotatable bonds is 6. The topological polar surface area (TPSA) is 69.0 Å². The Labute approximate surface area is 146 Å². The van der Waals surface area contributed by atoms with E-state index in [0.29, 0.717) is 18.0 Å². The normalized spacial score (nSPS) is 12.7. The lowest BCUT2D eigenvalue weighted by atomic mass is 10.3. The molecule has 0 bridgehead atoms. The number of carbonyl (C=O) groups excluding carboxylic acids is 1. The van der Waals surface area contributed by atoms with Gasteiger partial charge in [-0.05, 0) is 26.0 Å². The van der Waals surface area contributed by atoms with Gasteiger partial charge in [-0.1, -0.05) is 23.9 Å². The van der Waals surface area contributed by atoms with E-state index < -0.39 is 17.3 Å². The Bertz CT molecular complexity index is 749. The zero-order valence-corrected chi connectivity index (χ0v) is 14.6. The predicted octanol–water partition coefficient (Wildman–Crippen LogP) is 3.35. The second-order valence-corrected chi connectivity index (χ2v) is 6.35. The molecule has 0 saturated carbocycles. The summed E-state index contributed by atoms with van der Waals surface area (Å²) in [6.07, 6.45) is -4.59. The molecule has 0 saturated heterocycles. The number of alkyl halides is 3. The Morgan fingerprint density at radius 1 is 1.36 bits per heavy atom. The van der Waals surface area contributed by atoms with E-state index in [1.54, 1.807) is 31.2 Å². The number of amides is 1. The van der Waals surface area contributed by atoms with Crippen molar-refractivity contribution in [3.8, 4) is 5.75 Å². The smallest absolute Gasteiger partial charge is 0.451 e. The van der Waals surface area contributed by atoms with Crippen LogP contribution in [0.5, 0.6) is 5.75 Å². The average molecular weight is 374 g/mol. The van der Waals surface area contributed by atoms with Crippen LogP contribution >= 0.6 is 11.8 Å². The molecule has 0 spiro atoms. The summed E-state index contributed by atoms with van der Waals surface area (Å²) < 4.78 is 44.5. The number of hydrogen-bond acceptors (Lipinski definition) is 5. The number of nitrogens with one attached hydrogen (secondary N) is 1. The number of benzene rings is 1. The van der Waals surface area contributed by atoms with Crippen LogP contribution in [-0.4, -0.2) is 32.5 Å². The Morgan fingerprint density at radius 3 is 2.64 bits per heavy atom. The first-order chi connectivity index (χ1) is 11.7. The van der Waals surface area contributed by atoms with Crippen molar-refractivity contribution in [1.29, 1.82) is 0 Å². The molecule has 10 heteroatoms. The molecule has 25 heavy (non-hydrogen) atoms. The zero-order chi connectivity index (χ0) is 18.6. The summed E-state index contributed by atoms with van der Waals surface area (Å²) in [6, 6.07) is 6.92. The Kier molecular flexibility index (Phi) is 5.93. The number of aromatic nitrogens is 3. The Morgan fingerprint density at radius 2 is 2.04 bits per heavy atom. The van der Waals surface area contributed by atoms with E-state index in [9.17, 15) is 18.0 Å². The van der Waals surface area contributed by atoms with Crippen molar-refractivity contribution in [3.05, 3.63) is 30.1 Å². The molecule has 1 atom stereocenters. The molecule has 2 rings (SSSR count). The quantitative estimate of drug-likeness (QED) is 0.786. The van der Waals surface area contributed by atoms with Gasteiger partial charge in [-0.15, -0.1) is 10.2 Å². The number of nitrogens with zero attached hydrogens (tertiary/aromatic N) is 3. The summed E-state index contributed by atoms with van der Waals surface area (Å²) in [5.41, 5.74) is 0.496. The lowest BCUT2D eigenvalue weighted by Gasteiger charge is -2.14. The minimum absolute atomic E-state index is 0.00747. The molecular formula is C15H17F3N4O2S. The summed E-state index contributed by atoms with van der Waals surface area (Å²) in [5.74, 6) is -0.966. The van der Waals surface area contributed by atoms with Gasteiger partial charge in [-0.2, -0.15) is 13.2 Å². The van der Waals surface area contributed by atoms with Crippen molar-refractivity contribution < 1.29 is 22.7 Å². The van der Waals surface area contributed by atoms with E-state index in [-0.39, 0.29) is 11.1 Å². The SMILES string of the molecule is CCOc1ccccc1NC(=O)[C@@H](C)Sc1nnc(C(F)(F)F)n1C. The molecule has 1 N–H and O–H groups in total. The number of anilines is 1. The first kappa shape index (κ1) is 19.1. The monoisotopic (exact) mass is 374 g/mol.